The fraction of sp³-hybridized carbons (Fsp3) is 0.0800. The Hall–Kier alpha value is -3.45. The van der Waals surface area contributed by atoms with Gasteiger partial charge in [-0.3, -0.25) is 4.79 Å². The van der Waals surface area contributed by atoms with Crippen LogP contribution in [0.3, 0.4) is 0 Å². The lowest BCUT2D eigenvalue weighted by Gasteiger charge is -2.09. The Morgan fingerprint density at radius 1 is 1.03 bits per heavy atom. The van der Waals surface area contributed by atoms with Crippen molar-refractivity contribution in [3.63, 3.8) is 0 Å². The van der Waals surface area contributed by atoms with E-state index in [1.165, 1.54) is 13.2 Å². The Labute approximate surface area is 200 Å². The van der Waals surface area contributed by atoms with E-state index in [4.69, 9.17) is 36.8 Å². The van der Waals surface area contributed by atoms with E-state index in [-0.39, 0.29) is 12.5 Å². The maximum atomic E-state index is 12.4. The van der Waals surface area contributed by atoms with Gasteiger partial charge in [0.05, 0.1) is 22.7 Å². The third kappa shape index (κ3) is 5.14. The Balaban J connectivity index is 1.45. The number of amides is 1. The molecule has 0 spiro atoms. The lowest BCUT2D eigenvalue weighted by atomic mass is 10.1. The number of aliphatic hydroxyl groups excluding tert-OH is 1. The summed E-state index contributed by atoms with van der Waals surface area (Å²) in [7, 11) is 1.53. The summed E-state index contributed by atoms with van der Waals surface area (Å²) >= 11 is 12.3. The van der Waals surface area contributed by atoms with Crippen LogP contribution in [0.15, 0.2) is 75.6 Å². The van der Waals surface area contributed by atoms with E-state index in [1.807, 2.05) is 0 Å². The zero-order valence-corrected chi connectivity index (χ0v) is 19.0. The molecule has 0 saturated heterocycles. The fourth-order valence-electron chi connectivity index (χ4n) is 3.20. The third-order valence-electron chi connectivity index (χ3n) is 4.79. The number of rotatable bonds is 7. The molecule has 0 aliphatic heterocycles. The zero-order valence-electron chi connectivity index (χ0n) is 17.5. The quantitative estimate of drug-likeness (QED) is 0.287. The topological polar surface area (TPSA) is 84.8 Å². The molecule has 2 heterocycles. The molecule has 4 rings (SSSR count). The summed E-state index contributed by atoms with van der Waals surface area (Å²) in [6.07, 6.45) is 2.92. The first kappa shape index (κ1) is 22.7. The minimum Gasteiger partial charge on any atom is -0.496 e. The first-order chi connectivity index (χ1) is 16.0. The number of carbonyl (C=O) groups excluding carboxylic acids is 1. The molecule has 0 bridgehead atoms. The number of carbonyl (C=O) groups is 1. The van der Waals surface area contributed by atoms with Crippen molar-refractivity contribution < 1.29 is 23.5 Å². The Bertz CT molecular complexity index is 1320. The maximum absolute atomic E-state index is 12.4. The van der Waals surface area contributed by atoms with Crippen molar-refractivity contribution in [2.75, 3.05) is 12.4 Å². The second-order valence-corrected chi connectivity index (χ2v) is 7.75. The van der Waals surface area contributed by atoms with E-state index in [0.29, 0.717) is 55.7 Å². The van der Waals surface area contributed by atoms with Gasteiger partial charge < -0.3 is 24.0 Å². The van der Waals surface area contributed by atoms with Gasteiger partial charge >= 0.3 is 0 Å². The SMILES string of the molecule is COc1cc(NC(=O)/C=C/c2ccc(-c3cccc(Cl)c3Cl)o2)ccc1-c1ccc(CO)o1. The maximum Gasteiger partial charge on any atom is 0.248 e. The molecular weight excluding hydrogens is 465 g/mol. The van der Waals surface area contributed by atoms with Crippen molar-refractivity contribution in [1.29, 1.82) is 0 Å². The molecule has 0 saturated carbocycles. The largest absolute Gasteiger partial charge is 0.496 e. The molecule has 4 aromatic rings. The van der Waals surface area contributed by atoms with Crippen molar-refractivity contribution in [2.24, 2.45) is 0 Å². The number of hydrogen-bond donors (Lipinski definition) is 2. The normalized spacial score (nSPS) is 11.2. The zero-order chi connectivity index (χ0) is 23.4. The van der Waals surface area contributed by atoms with Gasteiger partial charge in [0, 0.05) is 23.4 Å². The highest BCUT2D eigenvalue weighted by atomic mass is 35.5. The number of benzene rings is 2. The van der Waals surface area contributed by atoms with Gasteiger partial charge in [0.15, 0.2) is 0 Å². The van der Waals surface area contributed by atoms with E-state index in [9.17, 15) is 9.90 Å². The minimum absolute atomic E-state index is 0.188. The number of hydrogen-bond acceptors (Lipinski definition) is 5. The molecule has 2 aromatic heterocycles. The number of methoxy groups -OCH3 is 1. The second kappa shape index (κ2) is 10.0. The van der Waals surface area contributed by atoms with E-state index in [2.05, 4.69) is 5.32 Å². The van der Waals surface area contributed by atoms with Crippen LogP contribution in [-0.4, -0.2) is 18.1 Å². The van der Waals surface area contributed by atoms with Crippen LogP contribution in [0, 0.1) is 0 Å². The fourth-order valence-corrected chi connectivity index (χ4v) is 3.60. The summed E-state index contributed by atoms with van der Waals surface area (Å²) in [4.78, 5) is 12.4. The lowest BCUT2D eigenvalue weighted by Crippen LogP contribution is -2.07. The highest BCUT2D eigenvalue weighted by molar-refractivity contribution is 6.43. The molecule has 6 nitrogen and oxygen atoms in total. The van der Waals surface area contributed by atoms with Crippen LogP contribution in [0.2, 0.25) is 10.0 Å². The number of halogens is 2. The molecule has 0 radical (unpaired) electrons. The van der Waals surface area contributed by atoms with Gasteiger partial charge in [0.1, 0.15) is 35.4 Å². The van der Waals surface area contributed by atoms with Crippen LogP contribution >= 0.6 is 23.2 Å². The van der Waals surface area contributed by atoms with E-state index in [1.54, 1.807) is 66.7 Å². The molecule has 168 valence electrons. The van der Waals surface area contributed by atoms with Crippen molar-refractivity contribution >= 4 is 40.9 Å². The predicted molar refractivity (Wildman–Crippen MR) is 128 cm³/mol. The smallest absolute Gasteiger partial charge is 0.248 e. The first-order valence-electron chi connectivity index (χ1n) is 9.89. The second-order valence-electron chi connectivity index (χ2n) is 6.97. The van der Waals surface area contributed by atoms with Crippen LogP contribution in [0.5, 0.6) is 5.75 Å². The lowest BCUT2D eigenvalue weighted by molar-refractivity contribution is -0.111. The first-order valence-corrected chi connectivity index (χ1v) is 10.7. The van der Waals surface area contributed by atoms with Gasteiger partial charge in [0.25, 0.3) is 0 Å². The number of furan rings is 2. The standard InChI is InChI=1S/C25H19Cl2NO5/c1-31-23-13-15(5-9-18(23)21-11-7-17(14-29)33-21)28-24(30)12-8-16-6-10-22(32-16)19-3-2-4-20(26)25(19)27/h2-13,29H,14H2,1H3,(H,28,30)/b12-8+. The van der Waals surface area contributed by atoms with Crippen molar-refractivity contribution in [2.45, 2.75) is 6.61 Å². The molecule has 1 amide bonds. The molecule has 0 fully saturated rings. The number of nitrogens with one attached hydrogen (secondary N) is 1. The van der Waals surface area contributed by atoms with Gasteiger partial charge in [-0.15, -0.1) is 0 Å². The summed E-state index contributed by atoms with van der Waals surface area (Å²) in [5.41, 5.74) is 1.92. The Morgan fingerprint density at radius 2 is 1.82 bits per heavy atom. The highest BCUT2D eigenvalue weighted by Gasteiger charge is 2.13. The predicted octanol–water partition coefficient (Wildman–Crippen LogP) is 6.67. The van der Waals surface area contributed by atoms with Crippen molar-refractivity contribution in [3.05, 3.63) is 88.3 Å². The van der Waals surface area contributed by atoms with Crippen LogP contribution in [0.1, 0.15) is 11.5 Å². The monoisotopic (exact) mass is 483 g/mol. The molecule has 0 atom stereocenters. The molecule has 0 aliphatic rings. The summed E-state index contributed by atoms with van der Waals surface area (Å²) < 4.78 is 16.8. The minimum atomic E-state index is -0.343. The van der Waals surface area contributed by atoms with Gasteiger partial charge in [-0.2, -0.15) is 0 Å². The molecular formula is C25H19Cl2NO5. The number of aliphatic hydroxyl groups is 1. The van der Waals surface area contributed by atoms with Gasteiger partial charge in [-0.05, 0) is 54.6 Å². The summed E-state index contributed by atoms with van der Waals surface area (Å²) in [5.74, 6) is 2.22. The Kier molecular flexibility index (Phi) is 6.89. The molecule has 33 heavy (non-hydrogen) atoms. The average molecular weight is 484 g/mol. The van der Waals surface area contributed by atoms with E-state index < -0.39 is 0 Å². The van der Waals surface area contributed by atoms with Crippen LogP contribution in [0.25, 0.3) is 28.7 Å². The summed E-state index contributed by atoms with van der Waals surface area (Å²) in [5, 5.41) is 12.8. The van der Waals surface area contributed by atoms with Gasteiger partial charge in [-0.25, -0.2) is 0 Å². The van der Waals surface area contributed by atoms with E-state index in [0.717, 1.165) is 0 Å². The van der Waals surface area contributed by atoms with Crippen LogP contribution in [-0.2, 0) is 11.4 Å². The molecule has 8 heteroatoms. The number of anilines is 1. The molecule has 2 aromatic carbocycles. The molecule has 0 aliphatic carbocycles. The summed E-state index contributed by atoms with van der Waals surface area (Å²) in [6.45, 7) is -0.188. The van der Waals surface area contributed by atoms with Crippen LogP contribution in [0.4, 0.5) is 5.69 Å². The third-order valence-corrected chi connectivity index (χ3v) is 5.61. The van der Waals surface area contributed by atoms with Crippen molar-refractivity contribution in [1.82, 2.24) is 0 Å². The number of ether oxygens (including phenoxy) is 1. The molecule has 2 N–H and O–H groups in total. The molecule has 0 unspecified atom stereocenters. The van der Waals surface area contributed by atoms with Crippen molar-refractivity contribution in [3.8, 4) is 28.4 Å². The van der Waals surface area contributed by atoms with E-state index >= 15 is 0 Å². The summed E-state index contributed by atoms with van der Waals surface area (Å²) in [6, 6.07) is 17.4. The average Bonchev–Trinajstić information content (AvgIpc) is 3.49. The van der Waals surface area contributed by atoms with Gasteiger partial charge in [-0.1, -0.05) is 29.3 Å². The Morgan fingerprint density at radius 3 is 2.58 bits per heavy atom. The highest BCUT2D eigenvalue weighted by Crippen LogP contribution is 2.35. The van der Waals surface area contributed by atoms with Crippen LogP contribution < -0.4 is 10.1 Å². The van der Waals surface area contributed by atoms with Gasteiger partial charge in [0.2, 0.25) is 5.91 Å².